The van der Waals surface area contributed by atoms with Crippen molar-refractivity contribution >= 4 is 11.6 Å². The maximum absolute atomic E-state index is 6.23. The molecule has 1 aliphatic heterocycles. The summed E-state index contributed by atoms with van der Waals surface area (Å²) in [4.78, 5) is 6.82. The zero-order valence-corrected chi connectivity index (χ0v) is 12.6. The van der Waals surface area contributed by atoms with Gasteiger partial charge in [-0.1, -0.05) is 41.9 Å². The van der Waals surface area contributed by atoms with Gasteiger partial charge in [0.1, 0.15) is 11.0 Å². The molecule has 0 aliphatic carbocycles. The third-order valence-electron chi connectivity index (χ3n) is 4.11. The second kappa shape index (κ2) is 5.98. The van der Waals surface area contributed by atoms with Crippen molar-refractivity contribution in [3.8, 4) is 0 Å². The van der Waals surface area contributed by atoms with Gasteiger partial charge in [0.2, 0.25) is 0 Å². The van der Waals surface area contributed by atoms with Crippen molar-refractivity contribution in [2.75, 3.05) is 13.1 Å². The zero-order chi connectivity index (χ0) is 13.9. The van der Waals surface area contributed by atoms with Crippen LogP contribution in [0.25, 0.3) is 0 Å². The van der Waals surface area contributed by atoms with Gasteiger partial charge in [-0.3, -0.25) is 4.90 Å². The van der Waals surface area contributed by atoms with Crippen molar-refractivity contribution < 1.29 is 0 Å². The Kier molecular flexibility index (Phi) is 4.08. The predicted octanol–water partition coefficient (Wildman–Crippen LogP) is 3.68. The number of hydrogen-bond donors (Lipinski definition) is 0. The lowest BCUT2D eigenvalue weighted by Gasteiger charge is -2.33. The van der Waals surface area contributed by atoms with Crippen molar-refractivity contribution in [2.24, 2.45) is 0 Å². The lowest BCUT2D eigenvalue weighted by Crippen LogP contribution is -2.34. The Morgan fingerprint density at radius 2 is 1.90 bits per heavy atom. The SMILES string of the molecule is Cc1ncc(Cl)n1C1CCN(Cc2ccccc2)CC1. The van der Waals surface area contributed by atoms with Crippen molar-refractivity contribution in [2.45, 2.75) is 32.4 Å². The molecule has 0 N–H and O–H groups in total. The molecular weight excluding hydrogens is 270 g/mol. The van der Waals surface area contributed by atoms with E-state index in [0.29, 0.717) is 6.04 Å². The van der Waals surface area contributed by atoms with Gasteiger partial charge >= 0.3 is 0 Å². The molecule has 0 unspecified atom stereocenters. The molecule has 0 amide bonds. The van der Waals surface area contributed by atoms with Crippen molar-refractivity contribution in [3.05, 3.63) is 53.1 Å². The van der Waals surface area contributed by atoms with Gasteiger partial charge in [-0.15, -0.1) is 0 Å². The second-order valence-electron chi connectivity index (χ2n) is 5.49. The molecule has 20 heavy (non-hydrogen) atoms. The summed E-state index contributed by atoms with van der Waals surface area (Å²) in [6, 6.07) is 11.2. The Balaban J connectivity index is 1.60. The highest BCUT2D eigenvalue weighted by Gasteiger charge is 2.23. The van der Waals surface area contributed by atoms with E-state index in [1.165, 1.54) is 5.56 Å². The van der Waals surface area contributed by atoms with Crippen LogP contribution in [0.3, 0.4) is 0 Å². The first kappa shape index (κ1) is 13.7. The predicted molar refractivity (Wildman–Crippen MR) is 82.0 cm³/mol. The molecule has 3 nitrogen and oxygen atoms in total. The average molecular weight is 290 g/mol. The monoisotopic (exact) mass is 289 g/mol. The summed E-state index contributed by atoms with van der Waals surface area (Å²) >= 11 is 6.23. The molecule has 1 aliphatic rings. The highest BCUT2D eigenvalue weighted by Crippen LogP contribution is 2.28. The highest BCUT2D eigenvalue weighted by atomic mass is 35.5. The van der Waals surface area contributed by atoms with E-state index >= 15 is 0 Å². The quantitative estimate of drug-likeness (QED) is 0.859. The molecule has 2 aromatic rings. The van der Waals surface area contributed by atoms with Gasteiger partial charge in [0.25, 0.3) is 0 Å². The topological polar surface area (TPSA) is 21.1 Å². The first-order valence-corrected chi connectivity index (χ1v) is 7.57. The van der Waals surface area contributed by atoms with Crippen molar-refractivity contribution in [1.82, 2.24) is 14.5 Å². The van der Waals surface area contributed by atoms with Gasteiger partial charge in [-0.25, -0.2) is 4.98 Å². The maximum Gasteiger partial charge on any atom is 0.129 e. The van der Waals surface area contributed by atoms with E-state index < -0.39 is 0 Å². The number of halogens is 1. The summed E-state index contributed by atoms with van der Waals surface area (Å²) in [5, 5.41) is 0.768. The molecule has 3 rings (SSSR count). The number of likely N-dealkylation sites (tertiary alicyclic amines) is 1. The number of rotatable bonds is 3. The van der Waals surface area contributed by atoms with Gasteiger partial charge in [0, 0.05) is 25.7 Å². The second-order valence-corrected chi connectivity index (χ2v) is 5.88. The Labute approximate surface area is 125 Å². The fourth-order valence-electron chi connectivity index (χ4n) is 3.04. The van der Waals surface area contributed by atoms with Crippen LogP contribution >= 0.6 is 11.6 Å². The molecule has 1 aromatic carbocycles. The van der Waals surface area contributed by atoms with Gasteiger partial charge in [-0.05, 0) is 25.3 Å². The molecule has 0 bridgehead atoms. The minimum atomic E-state index is 0.497. The van der Waals surface area contributed by atoms with E-state index in [4.69, 9.17) is 11.6 Å². The summed E-state index contributed by atoms with van der Waals surface area (Å²) in [6.07, 6.45) is 4.04. The van der Waals surface area contributed by atoms with Crippen LogP contribution in [-0.4, -0.2) is 27.5 Å². The van der Waals surface area contributed by atoms with E-state index in [-0.39, 0.29) is 0 Å². The third kappa shape index (κ3) is 2.89. The first-order valence-electron chi connectivity index (χ1n) is 7.19. The maximum atomic E-state index is 6.23. The van der Waals surface area contributed by atoms with E-state index in [1.54, 1.807) is 6.20 Å². The zero-order valence-electron chi connectivity index (χ0n) is 11.8. The molecule has 0 spiro atoms. The van der Waals surface area contributed by atoms with Crippen LogP contribution in [-0.2, 0) is 6.54 Å². The van der Waals surface area contributed by atoms with Gasteiger partial charge in [0.15, 0.2) is 0 Å². The number of benzene rings is 1. The van der Waals surface area contributed by atoms with Crippen LogP contribution < -0.4 is 0 Å². The normalized spacial score (nSPS) is 17.5. The van der Waals surface area contributed by atoms with Crippen LogP contribution in [0.4, 0.5) is 0 Å². The minimum absolute atomic E-state index is 0.497. The number of imidazole rings is 1. The molecule has 1 saturated heterocycles. The minimum Gasteiger partial charge on any atom is -0.316 e. The number of nitrogens with zero attached hydrogens (tertiary/aromatic N) is 3. The molecule has 0 saturated carbocycles. The number of aryl methyl sites for hydroxylation is 1. The van der Waals surface area contributed by atoms with Crippen LogP contribution in [0.2, 0.25) is 5.15 Å². The summed E-state index contributed by atoms with van der Waals surface area (Å²) in [7, 11) is 0. The van der Waals surface area contributed by atoms with Crippen LogP contribution in [0.1, 0.15) is 30.3 Å². The number of aromatic nitrogens is 2. The highest BCUT2D eigenvalue weighted by molar-refractivity contribution is 6.29. The molecule has 0 radical (unpaired) electrons. The van der Waals surface area contributed by atoms with E-state index in [0.717, 1.165) is 43.5 Å². The molecule has 1 fully saturated rings. The van der Waals surface area contributed by atoms with Crippen molar-refractivity contribution in [1.29, 1.82) is 0 Å². The molecule has 1 aromatic heterocycles. The van der Waals surface area contributed by atoms with Gasteiger partial charge < -0.3 is 4.57 Å². The Morgan fingerprint density at radius 1 is 1.20 bits per heavy atom. The summed E-state index contributed by atoms with van der Waals surface area (Å²) in [5.74, 6) is 1.02. The van der Waals surface area contributed by atoms with Gasteiger partial charge in [-0.2, -0.15) is 0 Å². The fourth-order valence-corrected chi connectivity index (χ4v) is 3.35. The summed E-state index contributed by atoms with van der Waals surface area (Å²) in [6.45, 7) is 5.31. The molecule has 2 heterocycles. The first-order chi connectivity index (χ1) is 9.74. The number of hydrogen-bond acceptors (Lipinski definition) is 2. The van der Waals surface area contributed by atoms with Gasteiger partial charge in [0.05, 0.1) is 6.20 Å². The van der Waals surface area contributed by atoms with Crippen LogP contribution in [0.5, 0.6) is 0 Å². The lowest BCUT2D eigenvalue weighted by molar-refractivity contribution is 0.178. The van der Waals surface area contributed by atoms with Crippen LogP contribution in [0, 0.1) is 6.92 Å². The summed E-state index contributed by atoms with van der Waals surface area (Å²) in [5.41, 5.74) is 1.39. The molecule has 4 heteroatoms. The Hall–Kier alpha value is -1.32. The Morgan fingerprint density at radius 3 is 2.50 bits per heavy atom. The largest absolute Gasteiger partial charge is 0.316 e. The third-order valence-corrected chi connectivity index (χ3v) is 4.39. The summed E-state index contributed by atoms with van der Waals surface area (Å²) < 4.78 is 2.18. The fraction of sp³-hybridized carbons (Fsp3) is 0.438. The molecular formula is C16H20ClN3. The average Bonchev–Trinajstić information content (AvgIpc) is 2.81. The molecule has 0 atom stereocenters. The smallest absolute Gasteiger partial charge is 0.129 e. The van der Waals surface area contributed by atoms with E-state index in [2.05, 4.69) is 44.8 Å². The number of piperidine rings is 1. The molecule has 106 valence electrons. The van der Waals surface area contributed by atoms with E-state index in [9.17, 15) is 0 Å². The van der Waals surface area contributed by atoms with E-state index in [1.807, 2.05) is 6.92 Å². The standard InChI is InChI=1S/C16H20ClN3/c1-13-18-11-16(17)20(13)15-7-9-19(10-8-15)12-14-5-3-2-4-6-14/h2-6,11,15H,7-10,12H2,1H3. The lowest BCUT2D eigenvalue weighted by atomic mass is 10.0. The Bertz CT molecular complexity index is 537. The van der Waals surface area contributed by atoms with Crippen LogP contribution in [0.15, 0.2) is 36.5 Å². The van der Waals surface area contributed by atoms with Crippen molar-refractivity contribution in [3.63, 3.8) is 0 Å².